The third-order valence-corrected chi connectivity index (χ3v) is 9.63. The number of hydrogen-bond donors (Lipinski definition) is 0. The largest absolute Gasteiger partial charge is 0.451 e. The summed E-state index contributed by atoms with van der Waals surface area (Å²) in [5.41, 5.74) is 4.83. The highest BCUT2D eigenvalue weighted by atomic mass is 16.6. The second-order valence-electron chi connectivity index (χ2n) is 13.4. The Bertz CT molecular complexity index is 2080. The normalized spacial score (nSPS) is 19.6. The van der Waals surface area contributed by atoms with E-state index in [1.165, 1.54) is 11.1 Å². The van der Waals surface area contributed by atoms with Crippen LogP contribution in [0.2, 0.25) is 0 Å². The van der Waals surface area contributed by atoms with E-state index < -0.39 is 0 Å². The number of rotatable bonds is 0. The van der Waals surface area contributed by atoms with Crippen LogP contribution in [0.1, 0.15) is 73.9 Å². The number of benzene rings is 4. The van der Waals surface area contributed by atoms with Crippen LogP contribution in [0.15, 0.2) is 48.5 Å². The Morgan fingerprint density at radius 1 is 0.533 bits per heavy atom. The SMILES string of the molecule is [C-]#[N+]c1cc2c(cc1[N+]#[C-])Oc1cc3c(cc1O2)C(C)(C)C[C@@]31CC(C)(C)c2cc3c(cc21)Oc1cc(C#N)c(C#N)cc1O3. The number of hydrogen-bond acceptors (Lipinski definition) is 6. The van der Waals surface area contributed by atoms with Gasteiger partial charge in [0.25, 0.3) is 0 Å². The van der Waals surface area contributed by atoms with E-state index in [4.69, 9.17) is 32.1 Å². The molecule has 0 aromatic heterocycles. The lowest BCUT2D eigenvalue weighted by Gasteiger charge is -2.31. The standard InChI is InChI=1S/C37H24N4O4/c1-35(2)17-37(23-11-31-29(9-21(23)35)42-27-7-19(15-38)20(16-39)8-28(27)43-31)18-36(3,4)22-10-30-32(12-24(22)37)45-34-14-26(41-6)25(40-5)13-33(34)44-30/h7-14H,17-18H2,1-4H3/t37-/m1/s1. The summed E-state index contributed by atoms with van der Waals surface area (Å²) in [7, 11) is 0. The van der Waals surface area contributed by atoms with Crippen molar-refractivity contribution < 1.29 is 18.9 Å². The lowest BCUT2D eigenvalue weighted by atomic mass is 9.72. The molecule has 0 saturated carbocycles. The zero-order valence-corrected chi connectivity index (χ0v) is 25.0. The van der Waals surface area contributed by atoms with Crippen LogP contribution in [0.5, 0.6) is 46.0 Å². The van der Waals surface area contributed by atoms with Gasteiger partial charge in [0.05, 0.1) is 24.3 Å². The van der Waals surface area contributed by atoms with Gasteiger partial charge in [-0.15, -0.1) is 0 Å². The Balaban J connectivity index is 1.27. The van der Waals surface area contributed by atoms with Crippen LogP contribution in [-0.4, -0.2) is 0 Å². The molecule has 0 N–H and O–H groups in total. The molecule has 2 aliphatic heterocycles. The minimum absolute atomic E-state index is 0.198. The van der Waals surface area contributed by atoms with Gasteiger partial charge >= 0.3 is 0 Å². The molecule has 45 heavy (non-hydrogen) atoms. The number of nitrogens with zero attached hydrogens (tertiary/aromatic N) is 4. The summed E-state index contributed by atoms with van der Waals surface area (Å²) in [4.78, 5) is 6.98. The molecule has 4 aromatic rings. The minimum atomic E-state index is -0.354. The summed E-state index contributed by atoms with van der Waals surface area (Å²) in [5, 5.41) is 19.1. The lowest BCUT2D eigenvalue weighted by molar-refractivity contribution is 0.348. The van der Waals surface area contributed by atoms with Gasteiger partial charge in [0, 0.05) is 17.5 Å². The number of fused-ring (bicyclic) bond motifs is 8. The molecular formula is C37H24N4O4. The zero-order chi connectivity index (χ0) is 31.5. The molecule has 0 bridgehead atoms. The van der Waals surface area contributed by atoms with Crippen molar-refractivity contribution in [3.05, 3.63) is 105 Å². The molecule has 2 heterocycles. The summed E-state index contributed by atoms with van der Waals surface area (Å²) in [6.07, 6.45) is 1.71. The third kappa shape index (κ3) is 3.55. The molecule has 0 unspecified atom stereocenters. The van der Waals surface area contributed by atoms with Gasteiger partial charge in [-0.3, -0.25) is 0 Å². The van der Waals surface area contributed by atoms with Gasteiger partial charge in [-0.1, -0.05) is 27.7 Å². The van der Waals surface area contributed by atoms with Crippen LogP contribution in [0.3, 0.4) is 0 Å². The Hall–Kier alpha value is -5.96. The van der Waals surface area contributed by atoms with Crippen LogP contribution in [0, 0.1) is 35.8 Å². The Morgan fingerprint density at radius 2 is 0.844 bits per heavy atom. The molecule has 0 radical (unpaired) electrons. The maximum atomic E-state index is 9.56. The first kappa shape index (κ1) is 26.7. The van der Waals surface area contributed by atoms with Gasteiger partial charge in [-0.05, 0) is 82.3 Å². The maximum absolute atomic E-state index is 9.56. The Labute approximate surface area is 260 Å². The van der Waals surface area contributed by atoms with Crippen LogP contribution in [0.25, 0.3) is 9.69 Å². The van der Waals surface area contributed by atoms with E-state index >= 15 is 0 Å². The molecule has 8 heteroatoms. The predicted molar refractivity (Wildman–Crippen MR) is 164 cm³/mol. The number of ether oxygens (including phenoxy) is 4. The lowest BCUT2D eigenvalue weighted by Crippen LogP contribution is -2.27. The Morgan fingerprint density at radius 3 is 1.18 bits per heavy atom. The van der Waals surface area contributed by atoms with Crippen molar-refractivity contribution in [2.75, 3.05) is 0 Å². The monoisotopic (exact) mass is 588 g/mol. The molecule has 1 atom stereocenters. The van der Waals surface area contributed by atoms with E-state index in [0.29, 0.717) is 46.0 Å². The smallest absolute Gasteiger partial charge is 0.198 e. The fraction of sp³-hybridized carbons (Fsp3) is 0.243. The average Bonchev–Trinajstić information content (AvgIpc) is 3.37. The zero-order valence-electron chi connectivity index (χ0n) is 25.0. The third-order valence-electron chi connectivity index (χ3n) is 9.63. The predicted octanol–water partition coefficient (Wildman–Crippen LogP) is 9.98. The van der Waals surface area contributed by atoms with E-state index in [1.807, 2.05) is 0 Å². The second-order valence-corrected chi connectivity index (χ2v) is 13.4. The molecule has 0 saturated heterocycles. The summed E-state index contributed by atoms with van der Waals surface area (Å²) in [5.74, 6) is 3.93. The average molecular weight is 589 g/mol. The molecular weight excluding hydrogens is 564 g/mol. The number of nitriles is 2. The van der Waals surface area contributed by atoms with E-state index in [2.05, 4.69) is 73.8 Å². The highest BCUT2D eigenvalue weighted by Gasteiger charge is 2.57. The topological polar surface area (TPSA) is 93.2 Å². The quantitative estimate of drug-likeness (QED) is 0.164. The first-order chi connectivity index (χ1) is 21.5. The molecule has 4 aliphatic rings. The van der Waals surface area contributed by atoms with Crippen LogP contribution in [-0.2, 0) is 16.2 Å². The molecule has 4 aromatic carbocycles. The van der Waals surface area contributed by atoms with Crippen LogP contribution >= 0.6 is 0 Å². The maximum Gasteiger partial charge on any atom is 0.198 e. The van der Waals surface area contributed by atoms with Crippen molar-refractivity contribution in [3.63, 3.8) is 0 Å². The highest BCUT2D eigenvalue weighted by molar-refractivity contribution is 5.77. The van der Waals surface area contributed by atoms with Crippen molar-refractivity contribution in [2.45, 2.75) is 56.8 Å². The first-order valence-electron chi connectivity index (χ1n) is 14.5. The van der Waals surface area contributed by atoms with Gasteiger partial charge in [0.1, 0.15) is 12.1 Å². The van der Waals surface area contributed by atoms with Crippen LogP contribution < -0.4 is 18.9 Å². The van der Waals surface area contributed by atoms with Crippen molar-refractivity contribution in [2.24, 2.45) is 0 Å². The first-order valence-corrected chi connectivity index (χ1v) is 14.5. The van der Waals surface area contributed by atoms with Crippen molar-refractivity contribution in [3.8, 4) is 58.1 Å². The molecule has 8 rings (SSSR count). The molecule has 2 aliphatic carbocycles. The molecule has 0 fully saturated rings. The van der Waals surface area contributed by atoms with E-state index in [0.717, 1.165) is 24.0 Å². The van der Waals surface area contributed by atoms with Crippen molar-refractivity contribution >= 4 is 11.4 Å². The van der Waals surface area contributed by atoms with E-state index in [-0.39, 0.29) is 38.7 Å². The molecule has 0 amide bonds. The summed E-state index contributed by atoms with van der Waals surface area (Å²) >= 11 is 0. The van der Waals surface area contributed by atoms with Gasteiger partial charge < -0.3 is 18.9 Å². The minimum Gasteiger partial charge on any atom is -0.451 e. The Kier molecular flexibility index (Phi) is 5.08. The van der Waals surface area contributed by atoms with Gasteiger partial charge in [0.2, 0.25) is 0 Å². The van der Waals surface area contributed by atoms with Crippen molar-refractivity contribution in [1.82, 2.24) is 0 Å². The summed E-state index contributed by atoms with van der Waals surface area (Å²) in [6.45, 7) is 23.9. The highest BCUT2D eigenvalue weighted by Crippen LogP contribution is 2.66. The van der Waals surface area contributed by atoms with E-state index in [9.17, 15) is 10.5 Å². The summed E-state index contributed by atoms with van der Waals surface area (Å²) < 4.78 is 25.3. The van der Waals surface area contributed by atoms with E-state index in [1.54, 1.807) is 24.3 Å². The van der Waals surface area contributed by atoms with Gasteiger partial charge in [-0.25, -0.2) is 9.69 Å². The van der Waals surface area contributed by atoms with Crippen LogP contribution in [0.4, 0.5) is 11.4 Å². The molecule has 8 nitrogen and oxygen atoms in total. The molecule has 216 valence electrons. The fourth-order valence-electron chi connectivity index (χ4n) is 7.89. The van der Waals surface area contributed by atoms with Gasteiger partial charge in [-0.2, -0.15) is 10.5 Å². The van der Waals surface area contributed by atoms with Crippen molar-refractivity contribution in [1.29, 1.82) is 10.5 Å². The summed E-state index contributed by atoms with van der Waals surface area (Å²) in [6, 6.07) is 18.7. The van der Waals surface area contributed by atoms with Gasteiger partial charge in [0.15, 0.2) is 57.4 Å². The second kappa shape index (κ2) is 8.57. The molecule has 1 spiro atoms. The fourth-order valence-corrected chi connectivity index (χ4v) is 7.89.